The number of amides is 1. The molecular weight excluding hydrogens is 346 g/mol. The molecule has 0 atom stereocenters. The highest BCUT2D eigenvalue weighted by atomic mass is 32.1. The molecule has 1 aromatic carbocycles. The van der Waals surface area contributed by atoms with E-state index in [1.54, 1.807) is 11.3 Å². The lowest BCUT2D eigenvalue weighted by Gasteiger charge is -2.30. The predicted octanol–water partition coefficient (Wildman–Crippen LogP) is 3.85. The zero-order valence-corrected chi connectivity index (χ0v) is 16.6. The summed E-state index contributed by atoms with van der Waals surface area (Å²) in [6.45, 7) is 9.61. The number of anilines is 2. The Morgan fingerprint density at radius 3 is 2.69 bits per heavy atom. The third-order valence-electron chi connectivity index (χ3n) is 4.42. The van der Waals surface area contributed by atoms with Crippen LogP contribution in [0.15, 0.2) is 29.6 Å². The second-order valence-electron chi connectivity index (χ2n) is 7.54. The zero-order chi connectivity index (χ0) is 18.6. The summed E-state index contributed by atoms with van der Waals surface area (Å²) in [5.41, 5.74) is 3.08. The molecule has 2 heterocycles. The summed E-state index contributed by atoms with van der Waals surface area (Å²) in [4.78, 5) is 19.4. The number of ether oxygens (including phenoxy) is 1. The number of aryl methyl sites for hydroxylation is 1. The van der Waals surface area contributed by atoms with E-state index in [1.165, 1.54) is 0 Å². The Hall–Kier alpha value is -1.92. The van der Waals surface area contributed by atoms with E-state index in [9.17, 15) is 4.79 Å². The van der Waals surface area contributed by atoms with Gasteiger partial charge in [0.2, 0.25) is 5.91 Å². The molecule has 5 nitrogen and oxygen atoms in total. The Balaban J connectivity index is 1.59. The third-order valence-corrected chi connectivity index (χ3v) is 5.32. The van der Waals surface area contributed by atoms with E-state index >= 15 is 0 Å². The van der Waals surface area contributed by atoms with Crippen molar-refractivity contribution in [1.29, 1.82) is 0 Å². The summed E-state index contributed by atoms with van der Waals surface area (Å²) in [5, 5.41) is 6.19. The first-order valence-corrected chi connectivity index (χ1v) is 9.98. The van der Waals surface area contributed by atoms with Gasteiger partial charge in [-0.05, 0) is 12.1 Å². The number of benzene rings is 1. The van der Waals surface area contributed by atoms with Gasteiger partial charge in [-0.3, -0.25) is 4.79 Å². The third kappa shape index (κ3) is 4.83. The van der Waals surface area contributed by atoms with Crippen molar-refractivity contribution >= 4 is 28.6 Å². The van der Waals surface area contributed by atoms with Gasteiger partial charge >= 0.3 is 0 Å². The second kappa shape index (κ2) is 8.18. The Morgan fingerprint density at radius 1 is 1.27 bits per heavy atom. The smallest absolute Gasteiger partial charge is 0.224 e. The lowest BCUT2D eigenvalue weighted by Crippen LogP contribution is -2.36. The first-order valence-electron chi connectivity index (χ1n) is 9.10. The van der Waals surface area contributed by atoms with Crippen molar-refractivity contribution in [3.05, 3.63) is 40.3 Å². The number of hydrogen-bond donors (Lipinski definition) is 1. The maximum absolute atomic E-state index is 12.4. The first-order chi connectivity index (χ1) is 12.4. The number of nitrogens with one attached hydrogen (secondary N) is 1. The largest absolute Gasteiger partial charge is 0.378 e. The van der Waals surface area contributed by atoms with E-state index < -0.39 is 0 Å². The highest BCUT2D eigenvalue weighted by Gasteiger charge is 2.18. The highest BCUT2D eigenvalue weighted by Crippen LogP contribution is 2.27. The molecule has 26 heavy (non-hydrogen) atoms. The lowest BCUT2D eigenvalue weighted by atomic mass is 9.93. The van der Waals surface area contributed by atoms with Crippen LogP contribution in [-0.4, -0.2) is 37.2 Å². The van der Waals surface area contributed by atoms with Gasteiger partial charge in [0.1, 0.15) is 0 Å². The Kier molecular flexibility index (Phi) is 5.94. The van der Waals surface area contributed by atoms with Gasteiger partial charge in [-0.25, -0.2) is 4.98 Å². The Labute approximate surface area is 159 Å². The molecule has 0 unspecified atom stereocenters. The average molecular weight is 374 g/mol. The molecule has 3 rings (SSSR count). The first kappa shape index (κ1) is 18.9. The fourth-order valence-electron chi connectivity index (χ4n) is 2.86. The number of carbonyl (C=O) groups is 1. The van der Waals surface area contributed by atoms with Crippen molar-refractivity contribution in [2.24, 2.45) is 0 Å². The molecule has 0 spiro atoms. The summed E-state index contributed by atoms with van der Waals surface area (Å²) < 4.78 is 5.42. The minimum absolute atomic E-state index is 0.0261. The van der Waals surface area contributed by atoms with Gasteiger partial charge in [-0.2, -0.15) is 0 Å². The molecule has 1 saturated heterocycles. The van der Waals surface area contributed by atoms with Crippen molar-refractivity contribution in [3.8, 4) is 0 Å². The van der Waals surface area contributed by atoms with Gasteiger partial charge in [0.05, 0.1) is 35.3 Å². The molecule has 1 fully saturated rings. The van der Waals surface area contributed by atoms with Gasteiger partial charge in [-0.15, -0.1) is 11.3 Å². The normalized spacial score (nSPS) is 15.1. The lowest BCUT2D eigenvalue weighted by molar-refractivity contribution is -0.116. The number of carbonyl (C=O) groups excluding carboxylic acids is 1. The standard InChI is InChI=1S/C20H27N3O2S/c1-20(2,3)17-14-26-19(22-17)9-8-18(24)21-15-6-4-5-7-16(15)23-10-12-25-13-11-23/h4-7,14H,8-13H2,1-3H3,(H,21,24). The van der Waals surface area contributed by atoms with Gasteiger partial charge in [0.15, 0.2) is 0 Å². The van der Waals surface area contributed by atoms with Crippen LogP contribution >= 0.6 is 11.3 Å². The fraction of sp³-hybridized carbons (Fsp3) is 0.500. The van der Waals surface area contributed by atoms with E-state index in [0.717, 1.165) is 48.4 Å². The molecule has 0 bridgehead atoms. The Morgan fingerprint density at radius 2 is 2.00 bits per heavy atom. The number of para-hydroxylation sites is 2. The summed E-state index contributed by atoms with van der Waals surface area (Å²) in [6.07, 6.45) is 1.11. The fourth-order valence-corrected chi connectivity index (χ4v) is 3.89. The molecule has 140 valence electrons. The maximum atomic E-state index is 12.4. The van der Waals surface area contributed by atoms with Crippen molar-refractivity contribution in [1.82, 2.24) is 4.98 Å². The Bertz CT molecular complexity index is 746. The topological polar surface area (TPSA) is 54.5 Å². The molecule has 6 heteroatoms. The van der Waals surface area contributed by atoms with Crippen molar-refractivity contribution in [2.75, 3.05) is 36.5 Å². The SMILES string of the molecule is CC(C)(C)c1csc(CCC(=O)Nc2ccccc2N2CCOCC2)n1. The number of nitrogens with zero attached hydrogens (tertiary/aromatic N) is 2. The average Bonchev–Trinajstić information content (AvgIpc) is 3.11. The summed E-state index contributed by atoms with van der Waals surface area (Å²) in [5.74, 6) is 0.0261. The number of hydrogen-bond acceptors (Lipinski definition) is 5. The minimum Gasteiger partial charge on any atom is -0.378 e. The van der Waals surface area contributed by atoms with Crippen LogP contribution in [0.3, 0.4) is 0 Å². The van der Waals surface area contributed by atoms with Gasteiger partial charge in [-0.1, -0.05) is 32.9 Å². The molecule has 0 aliphatic carbocycles. The van der Waals surface area contributed by atoms with E-state index in [2.05, 4.69) is 47.4 Å². The van der Waals surface area contributed by atoms with Crippen LogP contribution in [0.4, 0.5) is 11.4 Å². The summed E-state index contributed by atoms with van der Waals surface area (Å²) in [6, 6.07) is 7.97. The number of rotatable bonds is 5. The van der Waals surface area contributed by atoms with Gasteiger partial charge in [0, 0.05) is 36.7 Å². The van der Waals surface area contributed by atoms with Crippen LogP contribution < -0.4 is 10.2 Å². The molecule has 1 aliphatic rings. The van der Waals surface area contributed by atoms with E-state index in [1.807, 2.05) is 18.2 Å². The van der Waals surface area contributed by atoms with Crippen molar-refractivity contribution in [2.45, 2.75) is 39.0 Å². The molecular formula is C20H27N3O2S. The number of thiazole rings is 1. The molecule has 1 amide bonds. The second-order valence-corrected chi connectivity index (χ2v) is 8.48. The number of morpholine rings is 1. The zero-order valence-electron chi connectivity index (χ0n) is 15.7. The van der Waals surface area contributed by atoms with Gasteiger partial charge in [0.25, 0.3) is 0 Å². The number of aromatic nitrogens is 1. The summed E-state index contributed by atoms with van der Waals surface area (Å²) >= 11 is 1.64. The van der Waals surface area contributed by atoms with Crippen molar-refractivity contribution in [3.63, 3.8) is 0 Å². The van der Waals surface area contributed by atoms with Crippen molar-refractivity contribution < 1.29 is 9.53 Å². The molecule has 1 N–H and O–H groups in total. The monoisotopic (exact) mass is 373 g/mol. The molecule has 1 aromatic heterocycles. The van der Waals surface area contributed by atoms with E-state index in [-0.39, 0.29) is 11.3 Å². The highest BCUT2D eigenvalue weighted by molar-refractivity contribution is 7.09. The van der Waals surface area contributed by atoms with Crippen LogP contribution in [0.1, 0.15) is 37.9 Å². The van der Waals surface area contributed by atoms with Gasteiger partial charge < -0.3 is 15.0 Å². The van der Waals surface area contributed by atoms with E-state index in [4.69, 9.17) is 4.74 Å². The molecule has 2 aromatic rings. The van der Waals surface area contributed by atoms with Crippen LogP contribution in [0.25, 0.3) is 0 Å². The molecule has 0 radical (unpaired) electrons. The van der Waals surface area contributed by atoms with Crippen LogP contribution in [0, 0.1) is 0 Å². The minimum atomic E-state index is 0.0261. The molecule has 1 aliphatic heterocycles. The maximum Gasteiger partial charge on any atom is 0.224 e. The predicted molar refractivity (Wildman–Crippen MR) is 107 cm³/mol. The van der Waals surface area contributed by atoms with Crippen LogP contribution in [-0.2, 0) is 21.4 Å². The van der Waals surface area contributed by atoms with Crippen LogP contribution in [0.5, 0.6) is 0 Å². The quantitative estimate of drug-likeness (QED) is 0.865. The van der Waals surface area contributed by atoms with E-state index in [0.29, 0.717) is 12.8 Å². The summed E-state index contributed by atoms with van der Waals surface area (Å²) in [7, 11) is 0. The van der Waals surface area contributed by atoms with Crippen LogP contribution in [0.2, 0.25) is 0 Å². The molecule has 0 saturated carbocycles.